The van der Waals surface area contributed by atoms with Gasteiger partial charge in [0.25, 0.3) is 11.6 Å². The molecule has 1 aromatic heterocycles. The highest BCUT2D eigenvalue weighted by Gasteiger charge is 2.22. The molecule has 1 atom stereocenters. The third-order valence-electron chi connectivity index (χ3n) is 3.47. The molecule has 1 heterocycles. The van der Waals surface area contributed by atoms with Crippen LogP contribution < -0.4 is 9.88 Å². The molecule has 6 heteroatoms. The van der Waals surface area contributed by atoms with E-state index >= 15 is 0 Å². The molecule has 0 saturated carbocycles. The number of carbonyl (C=O) groups excluding carboxylic acids is 1. The van der Waals surface area contributed by atoms with Crippen LogP contribution in [0.5, 0.6) is 0 Å². The molecule has 2 aromatic rings. The minimum absolute atomic E-state index is 0.00587. The summed E-state index contributed by atoms with van der Waals surface area (Å²) in [6.45, 7) is 5.39. The second kappa shape index (κ2) is 6.34. The molecule has 0 aliphatic heterocycles. The van der Waals surface area contributed by atoms with Crippen molar-refractivity contribution in [1.29, 1.82) is 0 Å². The van der Waals surface area contributed by atoms with Crippen LogP contribution >= 0.6 is 0 Å². The SMILES string of the molecule is Cc1ccc[n+]([C@@H](C)C(=O)Nc2ccc(C)c([N+](=O)[O-])c2)c1. The van der Waals surface area contributed by atoms with Gasteiger partial charge in [0.15, 0.2) is 12.4 Å². The molecule has 0 radical (unpaired) electrons. The van der Waals surface area contributed by atoms with Crippen LogP contribution in [0.3, 0.4) is 0 Å². The van der Waals surface area contributed by atoms with E-state index < -0.39 is 11.0 Å². The van der Waals surface area contributed by atoms with Gasteiger partial charge in [-0.1, -0.05) is 6.07 Å². The number of pyridine rings is 1. The van der Waals surface area contributed by atoms with Crippen LogP contribution in [0.1, 0.15) is 24.1 Å². The van der Waals surface area contributed by atoms with Gasteiger partial charge < -0.3 is 5.32 Å². The molecule has 2 rings (SSSR count). The van der Waals surface area contributed by atoms with E-state index in [9.17, 15) is 14.9 Å². The van der Waals surface area contributed by atoms with Gasteiger partial charge in [-0.2, -0.15) is 4.57 Å². The van der Waals surface area contributed by atoms with Crippen LogP contribution in [0.2, 0.25) is 0 Å². The third-order valence-corrected chi connectivity index (χ3v) is 3.47. The standard InChI is InChI=1S/C16H17N3O3/c1-11-5-4-8-18(10-11)13(3)16(20)17-14-7-6-12(2)15(9-14)19(21)22/h4-10,13H,1-3H3/p+1/t13-/m0/s1. The molecule has 0 aliphatic rings. The molecule has 1 amide bonds. The Morgan fingerprint density at radius 2 is 2.05 bits per heavy atom. The summed E-state index contributed by atoms with van der Waals surface area (Å²) < 4.78 is 1.80. The van der Waals surface area contributed by atoms with Crippen LogP contribution in [0.4, 0.5) is 11.4 Å². The molecular formula is C16H18N3O3+. The molecular weight excluding hydrogens is 282 g/mol. The number of amides is 1. The zero-order valence-corrected chi connectivity index (χ0v) is 12.7. The molecule has 1 N–H and O–H groups in total. The Hall–Kier alpha value is -2.76. The largest absolute Gasteiger partial charge is 0.320 e. The normalized spacial score (nSPS) is 11.8. The zero-order valence-electron chi connectivity index (χ0n) is 12.7. The van der Waals surface area contributed by atoms with E-state index in [-0.39, 0.29) is 11.6 Å². The smallest absolute Gasteiger partial charge is 0.293 e. The summed E-state index contributed by atoms with van der Waals surface area (Å²) in [6.07, 6.45) is 3.69. The first-order valence-electron chi connectivity index (χ1n) is 6.92. The van der Waals surface area contributed by atoms with Gasteiger partial charge in [-0.3, -0.25) is 14.9 Å². The van der Waals surface area contributed by atoms with Crippen LogP contribution in [0, 0.1) is 24.0 Å². The third kappa shape index (κ3) is 3.46. The number of nitro benzene ring substituents is 1. The van der Waals surface area contributed by atoms with Gasteiger partial charge in [-0.15, -0.1) is 0 Å². The fourth-order valence-corrected chi connectivity index (χ4v) is 2.12. The Morgan fingerprint density at radius 3 is 2.68 bits per heavy atom. The van der Waals surface area contributed by atoms with Gasteiger partial charge >= 0.3 is 0 Å². The van der Waals surface area contributed by atoms with Gasteiger partial charge in [0.1, 0.15) is 0 Å². The minimum atomic E-state index is -0.455. The summed E-state index contributed by atoms with van der Waals surface area (Å²) in [5.74, 6) is -0.228. The highest BCUT2D eigenvalue weighted by atomic mass is 16.6. The van der Waals surface area contributed by atoms with Crippen LogP contribution in [-0.4, -0.2) is 10.8 Å². The summed E-state index contributed by atoms with van der Waals surface area (Å²) in [6, 6.07) is 8.06. The first kappa shape index (κ1) is 15.6. The second-order valence-electron chi connectivity index (χ2n) is 5.25. The molecule has 0 aliphatic carbocycles. The van der Waals surface area contributed by atoms with Crippen LogP contribution in [0.15, 0.2) is 42.7 Å². The van der Waals surface area contributed by atoms with Crippen molar-refractivity contribution in [2.45, 2.75) is 26.8 Å². The Kier molecular flexibility index (Phi) is 4.50. The highest BCUT2D eigenvalue weighted by Crippen LogP contribution is 2.22. The minimum Gasteiger partial charge on any atom is -0.320 e. The zero-order chi connectivity index (χ0) is 16.3. The number of nitrogens with one attached hydrogen (secondary N) is 1. The Balaban J connectivity index is 2.18. The maximum absolute atomic E-state index is 12.3. The fourth-order valence-electron chi connectivity index (χ4n) is 2.12. The lowest BCUT2D eigenvalue weighted by molar-refractivity contribution is -0.705. The molecule has 0 bridgehead atoms. The summed E-state index contributed by atoms with van der Waals surface area (Å²) >= 11 is 0. The average Bonchev–Trinajstić information content (AvgIpc) is 2.48. The Labute approximate surface area is 128 Å². The molecule has 0 saturated heterocycles. The van der Waals surface area contributed by atoms with Crippen molar-refractivity contribution in [1.82, 2.24) is 0 Å². The maximum atomic E-state index is 12.3. The predicted molar refractivity (Wildman–Crippen MR) is 82.5 cm³/mol. The maximum Gasteiger partial charge on any atom is 0.293 e. The van der Waals surface area contributed by atoms with E-state index in [1.807, 2.05) is 31.5 Å². The van der Waals surface area contributed by atoms with E-state index in [4.69, 9.17) is 0 Å². The summed E-state index contributed by atoms with van der Waals surface area (Å²) in [4.78, 5) is 22.8. The van der Waals surface area contributed by atoms with E-state index in [0.717, 1.165) is 5.56 Å². The number of hydrogen-bond acceptors (Lipinski definition) is 3. The Morgan fingerprint density at radius 1 is 1.32 bits per heavy atom. The number of aryl methyl sites for hydroxylation is 2. The number of hydrogen-bond donors (Lipinski definition) is 1. The van der Waals surface area contributed by atoms with Crippen molar-refractivity contribution in [2.75, 3.05) is 5.32 Å². The lowest BCUT2D eigenvalue weighted by Crippen LogP contribution is -2.44. The summed E-state index contributed by atoms with van der Waals surface area (Å²) in [5, 5.41) is 13.7. The molecule has 0 spiro atoms. The monoisotopic (exact) mass is 300 g/mol. The number of carbonyl (C=O) groups is 1. The quantitative estimate of drug-likeness (QED) is 0.536. The van der Waals surface area contributed by atoms with E-state index in [2.05, 4.69) is 5.32 Å². The Bertz CT molecular complexity index is 728. The molecule has 1 aromatic carbocycles. The molecule has 6 nitrogen and oxygen atoms in total. The molecule has 0 fully saturated rings. The van der Waals surface area contributed by atoms with Gasteiger partial charge in [0, 0.05) is 35.9 Å². The molecule has 22 heavy (non-hydrogen) atoms. The first-order chi connectivity index (χ1) is 10.4. The number of nitro groups is 1. The molecule has 0 unspecified atom stereocenters. The summed E-state index contributed by atoms with van der Waals surface area (Å²) in [5.41, 5.74) is 2.02. The molecule has 114 valence electrons. The lowest BCUT2D eigenvalue weighted by atomic mass is 10.1. The van der Waals surface area contributed by atoms with Gasteiger partial charge in [0.05, 0.1) is 4.92 Å². The topological polar surface area (TPSA) is 76.1 Å². The van der Waals surface area contributed by atoms with E-state index in [1.54, 1.807) is 30.5 Å². The van der Waals surface area contributed by atoms with Crippen molar-refractivity contribution in [3.63, 3.8) is 0 Å². The number of rotatable bonds is 4. The van der Waals surface area contributed by atoms with E-state index in [1.165, 1.54) is 6.07 Å². The number of nitrogens with zero attached hydrogens (tertiary/aromatic N) is 2. The first-order valence-corrected chi connectivity index (χ1v) is 6.92. The number of anilines is 1. The number of benzene rings is 1. The van der Waals surface area contributed by atoms with Crippen molar-refractivity contribution in [3.8, 4) is 0 Å². The fraction of sp³-hybridized carbons (Fsp3) is 0.250. The van der Waals surface area contributed by atoms with Crippen LogP contribution in [-0.2, 0) is 4.79 Å². The van der Waals surface area contributed by atoms with Gasteiger partial charge in [-0.05, 0) is 26.0 Å². The summed E-state index contributed by atoms with van der Waals surface area (Å²) in [7, 11) is 0. The highest BCUT2D eigenvalue weighted by molar-refractivity contribution is 5.92. The van der Waals surface area contributed by atoms with Crippen molar-refractivity contribution >= 4 is 17.3 Å². The predicted octanol–water partition coefficient (Wildman–Crippen LogP) is 2.70. The van der Waals surface area contributed by atoms with Crippen molar-refractivity contribution in [2.24, 2.45) is 0 Å². The van der Waals surface area contributed by atoms with Crippen LogP contribution in [0.25, 0.3) is 0 Å². The van der Waals surface area contributed by atoms with Crippen molar-refractivity contribution < 1.29 is 14.3 Å². The van der Waals surface area contributed by atoms with E-state index in [0.29, 0.717) is 11.3 Å². The number of aromatic nitrogens is 1. The second-order valence-corrected chi connectivity index (χ2v) is 5.25. The van der Waals surface area contributed by atoms with Crippen molar-refractivity contribution in [3.05, 3.63) is 64.0 Å². The average molecular weight is 300 g/mol. The lowest BCUT2D eigenvalue weighted by Gasteiger charge is -2.09. The van der Waals surface area contributed by atoms with Gasteiger partial charge in [0.2, 0.25) is 6.04 Å². The van der Waals surface area contributed by atoms with Gasteiger partial charge in [-0.25, -0.2) is 0 Å².